The molecular weight excluding hydrogens is 280 g/mol. The van der Waals surface area contributed by atoms with Crippen LogP contribution in [0.5, 0.6) is 0 Å². The molecule has 0 aliphatic rings. The molecule has 1 aromatic carbocycles. The molecule has 0 radical (unpaired) electrons. The standard InChI is InChI=1S/C14H17ClN2OS/c1-2-19(18)9-8-16-10-11-5-6-13(15)12-4-3-7-17-14(11)12/h3-7,16H,2,8-10H2,1H3. The van der Waals surface area contributed by atoms with Crippen molar-refractivity contribution in [2.24, 2.45) is 0 Å². The SMILES string of the molecule is CCS(=O)CCNCc1ccc(Cl)c2cccnc12. The van der Waals surface area contributed by atoms with Gasteiger partial charge in [0.05, 0.1) is 5.52 Å². The van der Waals surface area contributed by atoms with Gasteiger partial charge < -0.3 is 5.32 Å². The van der Waals surface area contributed by atoms with Gasteiger partial charge in [0.25, 0.3) is 0 Å². The molecule has 102 valence electrons. The van der Waals surface area contributed by atoms with Crippen molar-refractivity contribution in [2.75, 3.05) is 18.1 Å². The molecule has 1 unspecified atom stereocenters. The number of fused-ring (bicyclic) bond motifs is 1. The van der Waals surface area contributed by atoms with E-state index in [1.54, 1.807) is 6.20 Å². The smallest absolute Gasteiger partial charge is 0.0761 e. The van der Waals surface area contributed by atoms with Crippen molar-refractivity contribution in [3.05, 3.63) is 41.0 Å². The molecule has 1 heterocycles. The number of nitrogens with zero attached hydrogens (tertiary/aromatic N) is 1. The molecule has 1 aromatic heterocycles. The van der Waals surface area contributed by atoms with E-state index < -0.39 is 10.8 Å². The topological polar surface area (TPSA) is 42.0 Å². The second kappa shape index (κ2) is 6.98. The lowest BCUT2D eigenvalue weighted by molar-refractivity contribution is 0.674. The fourth-order valence-corrected chi connectivity index (χ4v) is 2.77. The maximum absolute atomic E-state index is 11.3. The van der Waals surface area contributed by atoms with E-state index >= 15 is 0 Å². The fraction of sp³-hybridized carbons (Fsp3) is 0.357. The van der Waals surface area contributed by atoms with E-state index in [1.807, 2.05) is 31.2 Å². The Bertz CT molecular complexity index is 589. The predicted octanol–water partition coefficient (Wildman–Crippen LogP) is 2.75. The Morgan fingerprint density at radius 1 is 1.37 bits per heavy atom. The second-order valence-electron chi connectivity index (χ2n) is 4.22. The first-order chi connectivity index (χ1) is 9.22. The first-order valence-corrected chi connectivity index (χ1v) is 8.16. The van der Waals surface area contributed by atoms with Gasteiger partial charge in [0.2, 0.25) is 0 Å². The second-order valence-corrected chi connectivity index (χ2v) is 6.49. The molecule has 0 aliphatic carbocycles. The van der Waals surface area contributed by atoms with Crippen LogP contribution in [0.25, 0.3) is 10.9 Å². The largest absolute Gasteiger partial charge is 0.312 e. The van der Waals surface area contributed by atoms with Gasteiger partial charge in [-0.15, -0.1) is 0 Å². The molecule has 19 heavy (non-hydrogen) atoms. The first kappa shape index (κ1) is 14.4. The number of hydrogen-bond acceptors (Lipinski definition) is 3. The van der Waals surface area contributed by atoms with Gasteiger partial charge in [0.1, 0.15) is 0 Å². The average Bonchev–Trinajstić information content (AvgIpc) is 2.45. The van der Waals surface area contributed by atoms with Gasteiger partial charge in [-0.1, -0.05) is 24.6 Å². The van der Waals surface area contributed by atoms with Gasteiger partial charge >= 0.3 is 0 Å². The van der Waals surface area contributed by atoms with Gasteiger partial charge in [-0.25, -0.2) is 0 Å². The summed E-state index contributed by atoms with van der Waals surface area (Å²) in [6.45, 7) is 3.40. The summed E-state index contributed by atoms with van der Waals surface area (Å²) in [5, 5.41) is 5.00. The minimum atomic E-state index is -0.715. The van der Waals surface area contributed by atoms with Crippen molar-refractivity contribution in [3.63, 3.8) is 0 Å². The fourth-order valence-electron chi connectivity index (χ4n) is 1.89. The zero-order valence-electron chi connectivity index (χ0n) is 10.9. The molecule has 1 N–H and O–H groups in total. The molecular formula is C14H17ClN2OS. The number of aromatic nitrogens is 1. The summed E-state index contributed by atoms with van der Waals surface area (Å²) < 4.78 is 11.3. The van der Waals surface area contributed by atoms with Crippen LogP contribution in [0.3, 0.4) is 0 Å². The summed E-state index contributed by atoms with van der Waals surface area (Å²) >= 11 is 6.15. The van der Waals surface area contributed by atoms with Gasteiger partial charge in [0, 0.05) is 52.0 Å². The van der Waals surface area contributed by atoms with Crippen molar-refractivity contribution >= 4 is 33.3 Å². The van der Waals surface area contributed by atoms with Crippen LogP contribution in [0.2, 0.25) is 5.02 Å². The molecule has 0 amide bonds. The first-order valence-electron chi connectivity index (χ1n) is 6.30. The van der Waals surface area contributed by atoms with Crippen LogP contribution in [0.15, 0.2) is 30.5 Å². The lowest BCUT2D eigenvalue weighted by Crippen LogP contribution is -2.20. The summed E-state index contributed by atoms with van der Waals surface area (Å²) in [5.41, 5.74) is 2.04. The van der Waals surface area contributed by atoms with Crippen LogP contribution in [-0.4, -0.2) is 27.2 Å². The van der Waals surface area contributed by atoms with Crippen LogP contribution >= 0.6 is 11.6 Å². The van der Waals surface area contributed by atoms with Crippen LogP contribution in [-0.2, 0) is 17.3 Å². The average molecular weight is 297 g/mol. The number of pyridine rings is 1. The minimum Gasteiger partial charge on any atom is -0.312 e. The Kier molecular flexibility index (Phi) is 5.31. The van der Waals surface area contributed by atoms with Gasteiger partial charge in [-0.2, -0.15) is 0 Å². The van der Waals surface area contributed by atoms with E-state index in [4.69, 9.17) is 11.6 Å². The highest BCUT2D eigenvalue weighted by molar-refractivity contribution is 7.84. The van der Waals surface area contributed by atoms with E-state index in [-0.39, 0.29) is 0 Å². The maximum Gasteiger partial charge on any atom is 0.0761 e. The zero-order valence-corrected chi connectivity index (χ0v) is 12.4. The molecule has 0 spiro atoms. The van der Waals surface area contributed by atoms with Crippen LogP contribution in [0.4, 0.5) is 0 Å². The van der Waals surface area contributed by atoms with Crippen molar-refractivity contribution < 1.29 is 4.21 Å². The van der Waals surface area contributed by atoms with E-state index in [1.165, 1.54) is 0 Å². The zero-order chi connectivity index (χ0) is 13.7. The monoisotopic (exact) mass is 296 g/mol. The van der Waals surface area contributed by atoms with E-state index in [9.17, 15) is 4.21 Å². The summed E-state index contributed by atoms with van der Waals surface area (Å²) in [4.78, 5) is 4.39. The van der Waals surface area contributed by atoms with Gasteiger partial charge in [0.15, 0.2) is 0 Å². The number of rotatable bonds is 6. The predicted molar refractivity (Wildman–Crippen MR) is 82.0 cm³/mol. The molecule has 2 aromatic rings. The summed E-state index contributed by atoms with van der Waals surface area (Å²) in [5.74, 6) is 1.41. The molecule has 5 heteroatoms. The maximum atomic E-state index is 11.3. The Balaban J connectivity index is 2.05. The molecule has 2 rings (SSSR count). The lowest BCUT2D eigenvalue weighted by Gasteiger charge is -2.08. The molecule has 0 bridgehead atoms. The van der Waals surface area contributed by atoms with Crippen molar-refractivity contribution in [1.82, 2.24) is 10.3 Å². The Hall–Kier alpha value is -0.970. The van der Waals surface area contributed by atoms with Crippen LogP contribution < -0.4 is 5.32 Å². The molecule has 0 fully saturated rings. The number of halogens is 1. The number of nitrogens with one attached hydrogen (secondary N) is 1. The Morgan fingerprint density at radius 3 is 3.00 bits per heavy atom. The normalized spacial score (nSPS) is 12.7. The highest BCUT2D eigenvalue weighted by atomic mass is 35.5. The third-order valence-corrected chi connectivity index (χ3v) is 4.58. The van der Waals surface area contributed by atoms with Gasteiger partial charge in [-0.05, 0) is 23.8 Å². The highest BCUT2D eigenvalue weighted by Gasteiger charge is 2.05. The highest BCUT2D eigenvalue weighted by Crippen LogP contribution is 2.24. The molecule has 0 aliphatic heterocycles. The quantitative estimate of drug-likeness (QED) is 0.834. The van der Waals surface area contributed by atoms with E-state index in [0.29, 0.717) is 18.1 Å². The van der Waals surface area contributed by atoms with Crippen LogP contribution in [0.1, 0.15) is 12.5 Å². The van der Waals surface area contributed by atoms with Gasteiger partial charge in [-0.3, -0.25) is 9.19 Å². The minimum absolute atomic E-state index is 0.690. The third kappa shape index (κ3) is 3.75. The molecule has 0 saturated carbocycles. The number of benzene rings is 1. The molecule has 0 saturated heterocycles. The Labute approximate surface area is 120 Å². The summed E-state index contributed by atoms with van der Waals surface area (Å²) in [6.07, 6.45) is 1.77. The van der Waals surface area contributed by atoms with Crippen LogP contribution in [0, 0.1) is 0 Å². The van der Waals surface area contributed by atoms with E-state index in [2.05, 4.69) is 10.3 Å². The number of hydrogen-bond donors (Lipinski definition) is 1. The Morgan fingerprint density at radius 2 is 2.21 bits per heavy atom. The van der Waals surface area contributed by atoms with Crippen molar-refractivity contribution in [1.29, 1.82) is 0 Å². The van der Waals surface area contributed by atoms with Crippen molar-refractivity contribution in [2.45, 2.75) is 13.5 Å². The molecule has 1 atom stereocenters. The summed E-state index contributed by atoms with van der Waals surface area (Å²) in [6, 6.07) is 7.74. The van der Waals surface area contributed by atoms with Crippen molar-refractivity contribution in [3.8, 4) is 0 Å². The molecule has 3 nitrogen and oxygen atoms in total. The third-order valence-electron chi connectivity index (χ3n) is 2.94. The van der Waals surface area contributed by atoms with E-state index in [0.717, 1.165) is 28.0 Å². The lowest BCUT2D eigenvalue weighted by atomic mass is 10.1. The summed E-state index contributed by atoms with van der Waals surface area (Å²) in [7, 11) is -0.715.